The molecule has 1 saturated heterocycles. The number of amides is 1. The third-order valence-corrected chi connectivity index (χ3v) is 4.51. The first kappa shape index (κ1) is 16.5. The first-order valence-corrected chi connectivity index (χ1v) is 8.10. The van der Waals surface area contributed by atoms with Crippen molar-refractivity contribution in [3.63, 3.8) is 0 Å². The van der Waals surface area contributed by atoms with Crippen molar-refractivity contribution in [1.82, 2.24) is 4.90 Å². The molecule has 0 saturated carbocycles. The zero-order chi connectivity index (χ0) is 17.1. The molecule has 2 aromatic carbocycles. The third-order valence-electron chi connectivity index (χ3n) is 4.51. The predicted octanol–water partition coefficient (Wildman–Crippen LogP) is 2.59. The van der Waals surface area contributed by atoms with Crippen LogP contribution >= 0.6 is 0 Å². The second-order valence-corrected chi connectivity index (χ2v) is 6.00. The minimum Gasteiger partial charge on any atom is -0.392 e. The Balaban J connectivity index is 1.70. The maximum Gasteiger partial charge on any atom is 0.254 e. The summed E-state index contributed by atoms with van der Waals surface area (Å²) in [7, 11) is 0. The molecule has 1 fully saturated rings. The van der Waals surface area contributed by atoms with E-state index >= 15 is 0 Å². The minimum absolute atomic E-state index is 0.0253. The summed E-state index contributed by atoms with van der Waals surface area (Å²) in [5, 5.41) is 9.20. The number of aryl methyl sites for hydroxylation is 1. The summed E-state index contributed by atoms with van der Waals surface area (Å²) < 4.78 is 14.3. The molecule has 0 atom stereocenters. The van der Waals surface area contributed by atoms with Gasteiger partial charge < -0.3 is 14.9 Å². The van der Waals surface area contributed by atoms with E-state index in [2.05, 4.69) is 0 Å². The second-order valence-electron chi connectivity index (χ2n) is 6.00. The summed E-state index contributed by atoms with van der Waals surface area (Å²) in [6.45, 7) is 3.86. The summed E-state index contributed by atoms with van der Waals surface area (Å²) in [5.41, 5.74) is 2.47. The van der Waals surface area contributed by atoms with Crippen molar-refractivity contribution in [1.29, 1.82) is 0 Å². The molecule has 0 spiro atoms. The lowest BCUT2D eigenvalue weighted by Crippen LogP contribution is -2.49. The molecular weight excluding hydrogens is 307 g/mol. The van der Waals surface area contributed by atoms with Gasteiger partial charge in [0.15, 0.2) is 5.82 Å². The SMILES string of the molecule is Cc1ccccc1C(=O)N1CCN(c2cccc(CO)c2F)CC1. The fourth-order valence-electron chi connectivity index (χ4n) is 3.07. The van der Waals surface area contributed by atoms with E-state index in [0.29, 0.717) is 37.4 Å². The van der Waals surface area contributed by atoms with Crippen LogP contribution in [0.15, 0.2) is 42.5 Å². The van der Waals surface area contributed by atoms with Crippen molar-refractivity contribution < 1.29 is 14.3 Å². The van der Waals surface area contributed by atoms with E-state index < -0.39 is 0 Å². The molecule has 0 aliphatic carbocycles. The topological polar surface area (TPSA) is 43.8 Å². The molecule has 3 rings (SSSR count). The lowest BCUT2D eigenvalue weighted by Gasteiger charge is -2.36. The van der Waals surface area contributed by atoms with E-state index in [1.54, 1.807) is 18.2 Å². The van der Waals surface area contributed by atoms with E-state index in [4.69, 9.17) is 0 Å². The number of aliphatic hydroxyl groups excluding tert-OH is 1. The van der Waals surface area contributed by atoms with Crippen molar-refractivity contribution in [3.05, 3.63) is 65.0 Å². The van der Waals surface area contributed by atoms with Gasteiger partial charge in [-0.15, -0.1) is 0 Å². The standard InChI is InChI=1S/C19H21FN2O2/c1-14-5-2-3-7-16(14)19(24)22-11-9-21(10-12-22)17-8-4-6-15(13-23)18(17)20/h2-8,23H,9-13H2,1H3. The van der Waals surface area contributed by atoms with E-state index in [-0.39, 0.29) is 18.3 Å². The predicted molar refractivity (Wildman–Crippen MR) is 91.6 cm³/mol. The van der Waals surface area contributed by atoms with Gasteiger partial charge in [-0.3, -0.25) is 4.79 Å². The van der Waals surface area contributed by atoms with Crippen LogP contribution in [0.4, 0.5) is 10.1 Å². The van der Waals surface area contributed by atoms with Crippen LogP contribution in [-0.2, 0) is 6.61 Å². The van der Waals surface area contributed by atoms with Crippen LogP contribution in [0, 0.1) is 12.7 Å². The molecule has 1 N–H and O–H groups in total. The molecule has 1 aliphatic heterocycles. The summed E-state index contributed by atoms with van der Waals surface area (Å²) >= 11 is 0. The Morgan fingerprint density at radius 1 is 1.08 bits per heavy atom. The molecule has 0 unspecified atom stereocenters. The first-order chi connectivity index (χ1) is 11.6. The van der Waals surface area contributed by atoms with Gasteiger partial charge in [0, 0.05) is 37.3 Å². The van der Waals surface area contributed by atoms with Crippen molar-refractivity contribution in [3.8, 4) is 0 Å². The number of halogens is 1. The second kappa shape index (κ2) is 7.01. The Bertz CT molecular complexity index is 740. The average Bonchev–Trinajstić information content (AvgIpc) is 2.62. The Labute approximate surface area is 141 Å². The molecule has 5 heteroatoms. The molecule has 1 aliphatic rings. The maximum atomic E-state index is 14.3. The number of carbonyl (C=O) groups excluding carboxylic acids is 1. The highest BCUT2D eigenvalue weighted by Gasteiger charge is 2.24. The molecule has 0 bridgehead atoms. The lowest BCUT2D eigenvalue weighted by atomic mass is 10.1. The van der Waals surface area contributed by atoms with Gasteiger partial charge in [0.2, 0.25) is 0 Å². The number of aliphatic hydroxyl groups is 1. The summed E-state index contributed by atoms with van der Waals surface area (Å²) in [5.74, 6) is -0.351. The van der Waals surface area contributed by atoms with Gasteiger partial charge in [0.1, 0.15) is 0 Å². The quantitative estimate of drug-likeness (QED) is 0.942. The lowest BCUT2D eigenvalue weighted by molar-refractivity contribution is 0.0746. The Kier molecular flexibility index (Phi) is 4.81. The maximum absolute atomic E-state index is 14.3. The van der Waals surface area contributed by atoms with Crippen molar-refractivity contribution >= 4 is 11.6 Å². The Morgan fingerprint density at radius 3 is 2.46 bits per heavy atom. The zero-order valence-corrected chi connectivity index (χ0v) is 13.7. The van der Waals surface area contributed by atoms with Gasteiger partial charge in [0.25, 0.3) is 5.91 Å². The highest BCUT2D eigenvalue weighted by atomic mass is 19.1. The normalized spacial score (nSPS) is 14.8. The number of rotatable bonds is 3. The molecule has 2 aromatic rings. The first-order valence-electron chi connectivity index (χ1n) is 8.10. The highest BCUT2D eigenvalue weighted by Crippen LogP contribution is 2.24. The number of piperazine rings is 1. The van der Waals surface area contributed by atoms with Gasteiger partial charge in [0.05, 0.1) is 12.3 Å². The fourth-order valence-corrected chi connectivity index (χ4v) is 3.07. The molecule has 24 heavy (non-hydrogen) atoms. The van der Waals surface area contributed by atoms with Gasteiger partial charge >= 0.3 is 0 Å². The average molecular weight is 328 g/mol. The van der Waals surface area contributed by atoms with Gasteiger partial charge in [-0.1, -0.05) is 30.3 Å². The number of hydrogen-bond donors (Lipinski definition) is 1. The van der Waals surface area contributed by atoms with Crippen LogP contribution < -0.4 is 4.90 Å². The number of anilines is 1. The van der Waals surface area contributed by atoms with Gasteiger partial charge in [-0.05, 0) is 24.6 Å². The van der Waals surface area contributed by atoms with E-state index in [1.165, 1.54) is 0 Å². The summed E-state index contributed by atoms with van der Waals surface area (Å²) in [6.07, 6.45) is 0. The fraction of sp³-hybridized carbons (Fsp3) is 0.316. The molecular formula is C19H21FN2O2. The van der Waals surface area contributed by atoms with Crippen LogP contribution in [-0.4, -0.2) is 42.1 Å². The van der Waals surface area contributed by atoms with Crippen molar-refractivity contribution in [2.24, 2.45) is 0 Å². The number of carbonyl (C=O) groups is 1. The largest absolute Gasteiger partial charge is 0.392 e. The van der Waals surface area contributed by atoms with Crippen LogP contribution in [0.25, 0.3) is 0 Å². The molecule has 0 radical (unpaired) electrons. The van der Waals surface area contributed by atoms with E-state index in [1.807, 2.05) is 41.0 Å². The Morgan fingerprint density at radius 2 is 1.79 bits per heavy atom. The molecule has 1 amide bonds. The zero-order valence-electron chi connectivity index (χ0n) is 13.7. The van der Waals surface area contributed by atoms with Crippen molar-refractivity contribution in [2.75, 3.05) is 31.1 Å². The van der Waals surface area contributed by atoms with Crippen LogP contribution in [0.2, 0.25) is 0 Å². The van der Waals surface area contributed by atoms with E-state index in [9.17, 15) is 14.3 Å². The molecule has 4 nitrogen and oxygen atoms in total. The third kappa shape index (κ3) is 3.12. The summed E-state index contributed by atoms with van der Waals surface area (Å²) in [6, 6.07) is 12.6. The number of benzene rings is 2. The van der Waals surface area contributed by atoms with Crippen LogP contribution in [0.5, 0.6) is 0 Å². The van der Waals surface area contributed by atoms with E-state index in [0.717, 1.165) is 11.1 Å². The smallest absolute Gasteiger partial charge is 0.254 e. The van der Waals surface area contributed by atoms with Crippen LogP contribution in [0.1, 0.15) is 21.5 Å². The Hall–Kier alpha value is -2.40. The molecule has 1 heterocycles. The summed E-state index contributed by atoms with van der Waals surface area (Å²) in [4.78, 5) is 16.4. The monoisotopic (exact) mass is 328 g/mol. The highest BCUT2D eigenvalue weighted by molar-refractivity contribution is 5.95. The number of hydrogen-bond acceptors (Lipinski definition) is 3. The molecule has 0 aromatic heterocycles. The van der Waals surface area contributed by atoms with Crippen molar-refractivity contribution in [2.45, 2.75) is 13.5 Å². The molecule has 126 valence electrons. The van der Waals surface area contributed by atoms with Gasteiger partial charge in [-0.2, -0.15) is 0 Å². The number of nitrogens with zero attached hydrogens (tertiary/aromatic N) is 2. The van der Waals surface area contributed by atoms with Gasteiger partial charge in [-0.25, -0.2) is 4.39 Å². The van der Waals surface area contributed by atoms with Crippen LogP contribution in [0.3, 0.4) is 0 Å². The minimum atomic E-state index is -0.376.